The largest absolute Gasteiger partial charge is 0.334 e. The summed E-state index contributed by atoms with van der Waals surface area (Å²) in [7, 11) is 1.72. The normalized spacial score (nSPS) is 12.0. The third-order valence-corrected chi connectivity index (χ3v) is 3.75. The Balaban J connectivity index is 2.25. The maximum absolute atomic E-state index is 12.4. The predicted octanol–water partition coefficient (Wildman–Crippen LogP) is 4.22. The van der Waals surface area contributed by atoms with Gasteiger partial charge in [-0.25, -0.2) is 4.98 Å². The van der Waals surface area contributed by atoms with Crippen LogP contribution in [0.15, 0.2) is 42.5 Å². The number of benzene rings is 1. The van der Waals surface area contributed by atoms with Crippen molar-refractivity contribution in [1.29, 1.82) is 0 Å². The van der Waals surface area contributed by atoms with Crippen molar-refractivity contribution in [2.45, 2.75) is 13.0 Å². The Bertz CT molecular complexity index is 631. The Labute approximate surface area is 128 Å². The van der Waals surface area contributed by atoms with E-state index in [0.717, 1.165) is 5.56 Å². The summed E-state index contributed by atoms with van der Waals surface area (Å²) in [5.41, 5.74) is 1.21. The summed E-state index contributed by atoms with van der Waals surface area (Å²) in [6.45, 7) is 1.92. The molecule has 0 spiro atoms. The van der Waals surface area contributed by atoms with Crippen LogP contribution in [-0.4, -0.2) is 22.8 Å². The molecule has 5 heteroatoms. The van der Waals surface area contributed by atoms with Crippen LogP contribution in [-0.2, 0) is 0 Å². The third kappa shape index (κ3) is 3.11. The number of amides is 1. The summed E-state index contributed by atoms with van der Waals surface area (Å²) in [6, 6.07) is 12.3. The van der Waals surface area contributed by atoms with Crippen molar-refractivity contribution in [2.24, 2.45) is 0 Å². The van der Waals surface area contributed by atoms with Gasteiger partial charge in [0.2, 0.25) is 0 Å². The summed E-state index contributed by atoms with van der Waals surface area (Å²) in [6.07, 6.45) is 0. The average molecular weight is 309 g/mol. The molecule has 1 unspecified atom stereocenters. The smallest absolute Gasteiger partial charge is 0.272 e. The molecule has 1 aromatic carbocycles. The van der Waals surface area contributed by atoms with E-state index in [9.17, 15) is 4.79 Å². The van der Waals surface area contributed by atoms with Gasteiger partial charge in [-0.1, -0.05) is 47.5 Å². The van der Waals surface area contributed by atoms with E-state index in [2.05, 4.69) is 4.98 Å². The van der Waals surface area contributed by atoms with Gasteiger partial charge in [-0.15, -0.1) is 0 Å². The van der Waals surface area contributed by atoms with E-state index in [4.69, 9.17) is 23.2 Å². The Morgan fingerprint density at radius 3 is 2.50 bits per heavy atom. The van der Waals surface area contributed by atoms with Crippen LogP contribution in [0.5, 0.6) is 0 Å². The molecule has 0 N–H and O–H groups in total. The second-order valence-electron chi connectivity index (χ2n) is 4.46. The van der Waals surface area contributed by atoms with Crippen molar-refractivity contribution < 1.29 is 4.79 Å². The van der Waals surface area contributed by atoms with Gasteiger partial charge in [0, 0.05) is 12.1 Å². The third-order valence-electron chi connectivity index (χ3n) is 3.19. The standard InChI is InChI=1S/C15H14Cl2N2O/c1-10(11-6-3-4-7-12(11)16)19(2)15(20)13-8-5-9-14(17)18-13/h3-10H,1-2H3. The fraction of sp³-hybridized carbons (Fsp3) is 0.200. The molecule has 3 nitrogen and oxygen atoms in total. The molecule has 2 rings (SSSR count). The van der Waals surface area contributed by atoms with Gasteiger partial charge in [0.25, 0.3) is 5.91 Å². The lowest BCUT2D eigenvalue weighted by molar-refractivity contribution is 0.0737. The summed E-state index contributed by atoms with van der Waals surface area (Å²) < 4.78 is 0. The summed E-state index contributed by atoms with van der Waals surface area (Å²) in [5, 5.41) is 0.938. The van der Waals surface area contributed by atoms with Crippen LogP contribution < -0.4 is 0 Å². The molecule has 20 heavy (non-hydrogen) atoms. The van der Waals surface area contributed by atoms with Crippen LogP contribution in [0.3, 0.4) is 0 Å². The van der Waals surface area contributed by atoms with E-state index >= 15 is 0 Å². The topological polar surface area (TPSA) is 33.2 Å². The number of nitrogens with zero attached hydrogens (tertiary/aromatic N) is 2. The molecule has 0 aliphatic rings. The summed E-state index contributed by atoms with van der Waals surface area (Å²) >= 11 is 12.0. The second kappa shape index (κ2) is 6.25. The minimum absolute atomic E-state index is 0.156. The van der Waals surface area contributed by atoms with Crippen LogP contribution in [0, 0.1) is 0 Å². The van der Waals surface area contributed by atoms with Gasteiger partial charge < -0.3 is 4.90 Å². The molecule has 0 aliphatic carbocycles. The quantitative estimate of drug-likeness (QED) is 0.795. The monoisotopic (exact) mass is 308 g/mol. The minimum Gasteiger partial charge on any atom is -0.334 e. The number of pyridine rings is 1. The maximum atomic E-state index is 12.4. The van der Waals surface area contributed by atoms with Crippen molar-refractivity contribution in [1.82, 2.24) is 9.88 Å². The number of carbonyl (C=O) groups excluding carboxylic acids is 1. The Morgan fingerprint density at radius 1 is 1.15 bits per heavy atom. The van der Waals surface area contributed by atoms with Crippen molar-refractivity contribution in [2.75, 3.05) is 7.05 Å². The maximum Gasteiger partial charge on any atom is 0.272 e. The van der Waals surface area contributed by atoms with E-state index in [0.29, 0.717) is 15.9 Å². The van der Waals surface area contributed by atoms with E-state index in [1.54, 1.807) is 30.1 Å². The number of aromatic nitrogens is 1. The molecule has 1 heterocycles. The van der Waals surface area contributed by atoms with Crippen molar-refractivity contribution in [3.8, 4) is 0 Å². The Morgan fingerprint density at radius 2 is 1.85 bits per heavy atom. The lowest BCUT2D eigenvalue weighted by Crippen LogP contribution is -2.30. The highest BCUT2D eigenvalue weighted by molar-refractivity contribution is 6.31. The first kappa shape index (κ1) is 14.8. The first-order valence-corrected chi connectivity index (χ1v) is 6.90. The fourth-order valence-electron chi connectivity index (χ4n) is 1.91. The van der Waals surface area contributed by atoms with Crippen LogP contribution in [0.25, 0.3) is 0 Å². The molecule has 0 aliphatic heterocycles. The van der Waals surface area contributed by atoms with E-state index < -0.39 is 0 Å². The van der Waals surface area contributed by atoms with Gasteiger partial charge in [0.05, 0.1) is 6.04 Å². The minimum atomic E-state index is -0.195. The molecule has 1 atom stereocenters. The van der Waals surface area contributed by atoms with Crippen molar-refractivity contribution in [3.63, 3.8) is 0 Å². The summed E-state index contributed by atoms with van der Waals surface area (Å²) in [5.74, 6) is -0.195. The van der Waals surface area contributed by atoms with Gasteiger partial charge in [-0.3, -0.25) is 4.79 Å². The SMILES string of the molecule is CC(c1ccccc1Cl)N(C)C(=O)c1cccc(Cl)n1. The number of hydrogen-bond donors (Lipinski definition) is 0. The Kier molecular flexibility index (Phi) is 4.63. The highest BCUT2D eigenvalue weighted by atomic mass is 35.5. The zero-order chi connectivity index (χ0) is 14.7. The van der Waals surface area contributed by atoms with Crippen LogP contribution in [0.2, 0.25) is 10.2 Å². The van der Waals surface area contributed by atoms with Crippen LogP contribution >= 0.6 is 23.2 Å². The number of rotatable bonds is 3. The molecule has 1 aromatic heterocycles. The number of carbonyl (C=O) groups is 1. The predicted molar refractivity (Wildman–Crippen MR) is 81.2 cm³/mol. The molecule has 1 amide bonds. The molecular formula is C15H14Cl2N2O. The molecule has 0 saturated carbocycles. The van der Waals surface area contributed by atoms with Gasteiger partial charge in [0.1, 0.15) is 10.8 Å². The van der Waals surface area contributed by atoms with Gasteiger partial charge in [-0.2, -0.15) is 0 Å². The molecule has 0 saturated heterocycles. The average Bonchev–Trinajstić information content (AvgIpc) is 2.45. The first-order valence-electron chi connectivity index (χ1n) is 6.15. The summed E-state index contributed by atoms with van der Waals surface area (Å²) in [4.78, 5) is 18.0. The molecule has 0 bridgehead atoms. The van der Waals surface area contributed by atoms with Gasteiger partial charge in [0.15, 0.2) is 0 Å². The zero-order valence-corrected chi connectivity index (χ0v) is 12.7. The molecular weight excluding hydrogens is 295 g/mol. The van der Waals surface area contributed by atoms with E-state index in [1.807, 2.05) is 31.2 Å². The van der Waals surface area contributed by atoms with E-state index in [1.165, 1.54) is 0 Å². The molecule has 0 fully saturated rings. The van der Waals surface area contributed by atoms with Gasteiger partial charge in [-0.05, 0) is 30.7 Å². The number of hydrogen-bond acceptors (Lipinski definition) is 2. The lowest BCUT2D eigenvalue weighted by Gasteiger charge is -2.25. The molecule has 104 valence electrons. The van der Waals surface area contributed by atoms with Crippen molar-refractivity contribution in [3.05, 3.63) is 63.9 Å². The lowest BCUT2D eigenvalue weighted by atomic mass is 10.1. The fourth-order valence-corrected chi connectivity index (χ4v) is 2.36. The van der Waals surface area contributed by atoms with Crippen LogP contribution in [0.4, 0.5) is 0 Å². The second-order valence-corrected chi connectivity index (χ2v) is 5.25. The van der Waals surface area contributed by atoms with Gasteiger partial charge >= 0.3 is 0 Å². The first-order chi connectivity index (χ1) is 9.50. The Hall–Kier alpha value is -1.58. The molecule has 2 aromatic rings. The molecule has 0 radical (unpaired) electrons. The number of halogens is 2. The highest BCUT2D eigenvalue weighted by Gasteiger charge is 2.21. The van der Waals surface area contributed by atoms with Crippen LogP contribution in [0.1, 0.15) is 29.0 Å². The highest BCUT2D eigenvalue weighted by Crippen LogP contribution is 2.27. The van der Waals surface area contributed by atoms with E-state index in [-0.39, 0.29) is 11.9 Å². The zero-order valence-electron chi connectivity index (χ0n) is 11.2. The van der Waals surface area contributed by atoms with Crippen molar-refractivity contribution >= 4 is 29.1 Å².